The molecule has 1 N–H and O–H groups in total. The van der Waals surface area contributed by atoms with Crippen molar-refractivity contribution in [2.45, 2.75) is 38.1 Å². The standard InChI is InChI=1S/C17H20ClNO3/c18-12-5-3-4-11(10-12)15-6-1-2-9-19(15)16(20)13-7-8-14(13)17(21)22/h3-5,10,13-15H,1-2,6-9H2,(H,21,22). The Bertz CT molecular complexity index is 589. The summed E-state index contributed by atoms with van der Waals surface area (Å²) in [6, 6.07) is 7.66. The first-order valence-corrected chi connectivity index (χ1v) is 8.24. The summed E-state index contributed by atoms with van der Waals surface area (Å²) in [6.45, 7) is 0.707. The lowest BCUT2D eigenvalue weighted by molar-refractivity contribution is -0.158. The van der Waals surface area contributed by atoms with E-state index in [1.807, 2.05) is 29.2 Å². The Morgan fingerprint density at radius 1 is 1.14 bits per heavy atom. The number of carboxylic acid groups (broad SMARTS) is 1. The maximum Gasteiger partial charge on any atom is 0.307 e. The zero-order chi connectivity index (χ0) is 15.7. The molecule has 1 saturated carbocycles. The van der Waals surface area contributed by atoms with Gasteiger partial charge in [-0.05, 0) is 49.8 Å². The third kappa shape index (κ3) is 2.84. The maximum absolute atomic E-state index is 12.8. The number of piperidine rings is 1. The number of rotatable bonds is 3. The lowest BCUT2D eigenvalue weighted by atomic mass is 9.72. The molecule has 1 aliphatic carbocycles. The fourth-order valence-corrected chi connectivity index (χ4v) is 3.76. The Kier molecular flexibility index (Phi) is 4.39. The van der Waals surface area contributed by atoms with Crippen LogP contribution in [0, 0.1) is 11.8 Å². The number of hydrogen-bond acceptors (Lipinski definition) is 2. The van der Waals surface area contributed by atoms with Crippen LogP contribution in [0.15, 0.2) is 24.3 Å². The topological polar surface area (TPSA) is 57.6 Å². The predicted octanol–water partition coefficient (Wildman–Crippen LogP) is 3.50. The van der Waals surface area contributed by atoms with Crippen molar-refractivity contribution >= 4 is 23.5 Å². The molecule has 1 aromatic rings. The fraction of sp³-hybridized carbons (Fsp3) is 0.529. The summed E-state index contributed by atoms with van der Waals surface area (Å²) in [6.07, 6.45) is 4.27. The van der Waals surface area contributed by atoms with Crippen molar-refractivity contribution in [2.75, 3.05) is 6.54 Å². The molecular weight excluding hydrogens is 302 g/mol. The molecule has 1 amide bonds. The summed E-state index contributed by atoms with van der Waals surface area (Å²) in [5.41, 5.74) is 1.05. The third-order valence-corrected chi connectivity index (χ3v) is 5.16. The van der Waals surface area contributed by atoms with Gasteiger partial charge in [0.2, 0.25) is 5.91 Å². The van der Waals surface area contributed by atoms with Gasteiger partial charge < -0.3 is 10.0 Å². The second-order valence-corrected chi connectivity index (χ2v) is 6.66. The van der Waals surface area contributed by atoms with Gasteiger partial charge in [0.25, 0.3) is 0 Å². The lowest BCUT2D eigenvalue weighted by Gasteiger charge is -2.42. The summed E-state index contributed by atoms with van der Waals surface area (Å²) in [7, 11) is 0. The van der Waals surface area contributed by atoms with Gasteiger partial charge in [-0.1, -0.05) is 23.7 Å². The molecule has 3 atom stereocenters. The second-order valence-electron chi connectivity index (χ2n) is 6.23. The van der Waals surface area contributed by atoms with Crippen LogP contribution in [-0.4, -0.2) is 28.4 Å². The number of carboxylic acids is 1. The number of benzene rings is 1. The van der Waals surface area contributed by atoms with Crippen LogP contribution in [0.25, 0.3) is 0 Å². The van der Waals surface area contributed by atoms with Crippen LogP contribution >= 0.6 is 11.6 Å². The van der Waals surface area contributed by atoms with E-state index >= 15 is 0 Å². The minimum atomic E-state index is -0.846. The van der Waals surface area contributed by atoms with Crippen molar-refractivity contribution in [3.05, 3.63) is 34.9 Å². The van der Waals surface area contributed by atoms with Crippen molar-refractivity contribution in [3.63, 3.8) is 0 Å². The predicted molar refractivity (Wildman–Crippen MR) is 83.6 cm³/mol. The summed E-state index contributed by atoms with van der Waals surface area (Å²) < 4.78 is 0. The van der Waals surface area contributed by atoms with Gasteiger partial charge in [0.1, 0.15) is 0 Å². The van der Waals surface area contributed by atoms with Gasteiger partial charge in [-0.2, -0.15) is 0 Å². The monoisotopic (exact) mass is 321 g/mol. The smallest absolute Gasteiger partial charge is 0.307 e. The average molecular weight is 322 g/mol. The Labute approximate surface area is 135 Å². The van der Waals surface area contributed by atoms with Crippen LogP contribution in [0.3, 0.4) is 0 Å². The van der Waals surface area contributed by atoms with Gasteiger partial charge in [-0.25, -0.2) is 0 Å². The Morgan fingerprint density at radius 2 is 1.91 bits per heavy atom. The van der Waals surface area contributed by atoms with Crippen LogP contribution in [0.2, 0.25) is 5.02 Å². The van der Waals surface area contributed by atoms with Crippen molar-refractivity contribution in [3.8, 4) is 0 Å². The molecule has 3 rings (SSSR count). The van der Waals surface area contributed by atoms with Gasteiger partial charge in [-0.3, -0.25) is 9.59 Å². The quantitative estimate of drug-likeness (QED) is 0.927. The summed E-state index contributed by atoms with van der Waals surface area (Å²) in [5.74, 6) is -1.70. The Balaban J connectivity index is 1.81. The molecule has 2 aliphatic rings. The van der Waals surface area contributed by atoms with Gasteiger partial charge >= 0.3 is 5.97 Å². The van der Waals surface area contributed by atoms with Crippen molar-refractivity contribution in [1.82, 2.24) is 4.90 Å². The maximum atomic E-state index is 12.8. The Hall–Kier alpha value is -1.55. The van der Waals surface area contributed by atoms with Crippen molar-refractivity contribution in [1.29, 1.82) is 0 Å². The average Bonchev–Trinajstić information content (AvgIpc) is 2.45. The van der Waals surface area contributed by atoms with Crippen molar-refractivity contribution in [2.24, 2.45) is 11.8 Å². The first-order chi connectivity index (χ1) is 10.6. The number of likely N-dealkylation sites (tertiary alicyclic amines) is 1. The molecule has 0 radical (unpaired) electrons. The van der Waals surface area contributed by atoms with E-state index in [0.29, 0.717) is 24.4 Å². The highest BCUT2D eigenvalue weighted by Gasteiger charge is 2.44. The summed E-state index contributed by atoms with van der Waals surface area (Å²) >= 11 is 6.08. The van der Waals surface area contributed by atoms with E-state index < -0.39 is 11.9 Å². The number of aliphatic carboxylic acids is 1. The van der Waals surface area contributed by atoms with Crippen molar-refractivity contribution < 1.29 is 14.7 Å². The van der Waals surface area contributed by atoms with Crippen LogP contribution in [-0.2, 0) is 9.59 Å². The lowest BCUT2D eigenvalue weighted by Crippen LogP contribution is -2.48. The van der Waals surface area contributed by atoms with E-state index in [9.17, 15) is 14.7 Å². The molecular formula is C17H20ClNO3. The van der Waals surface area contributed by atoms with Crippen LogP contribution in [0.4, 0.5) is 0 Å². The van der Waals surface area contributed by atoms with E-state index in [-0.39, 0.29) is 17.9 Å². The fourth-order valence-electron chi connectivity index (χ4n) is 3.56. The van der Waals surface area contributed by atoms with Gasteiger partial charge in [0.05, 0.1) is 17.9 Å². The number of hydrogen-bond donors (Lipinski definition) is 1. The van der Waals surface area contributed by atoms with Crippen LogP contribution in [0.1, 0.15) is 43.7 Å². The highest BCUT2D eigenvalue weighted by atomic mass is 35.5. The van der Waals surface area contributed by atoms with E-state index in [2.05, 4.69) is 0 Å². The molecule has 0 aromatic heterocycles. The largest absolute Gasteiger partial charge is 0.481 e. The number of nitrogens with zero attached hydrogens (tertiary/aromatic N) is 1. The van der Waals surface area contributed by atoms with E-state index in [1.54, 1.807) is 0 Å². The normalized spacial score (nSPS) is 28.0. The van der Waals surface area contributed by atoms with E-state index in [1.165, 1.54) is 0 Å². The summed E-state index contributed by atoms with van der Waals surface area (Å²) in [4.78, 5) is 25.9. The van der Waals surface area contributed by atoms with Crippen LogP contribution in [0.5, 0.6) is 0 Å². The number of halogens is 1. The molecule has 1 saturated heterocycles. The number of amides is 1. The molecule has 5 heteroatoms. The minimum absolute atomic E-state index is 0.00308. The molecule has 1 aliphatic heterocycles. The second kappa shape index (κ2) is 6.29. The molecule has 0 bridgehead atoms. The SMILES string of the molecule is O=C(O)C1CCC1C(=O)N1CCCCC1c1cccc(Cl)c1. The minimum Gasteiger partial charge on any atom is -0.481 e. The van der Waals surface area contributed by atoms with Crippen LogP contribution < -0.4 is 0 Å². The highest BCUT2D eigenvalue weighted by molar-refractivity contribution is 6.30. The van der Waals surface area contributed by atoms with Gasteiger partial charge in [0.15, 0.2) is 0 Å². The van der Waals surface area contributed by atoms with E-state index in [4.69, 9.17) is 11.6 Å². The first kappa shape index (κ1) is 15.3. The molecule has 22 heavy (non-hydrogen) atoms. The van der Waals surface area contributed by atoms with Gasteiger partial charge in [0, 0.05) is 11.6 Å². The zero-order valence-electron chi connectivity index (χ0n) is 12.4. The molecule has 2 fully saturated rings. The zero-order valence-corrected chi connectivity index (χ0v) is 13.1. The van der Waals surface area contributed by atoms with Gasteiger partial charge in [-0.15, -0.1) is 0 Å². The molecule has 1 heterocycles. The number of carbonyl (C=O) groups excluding carboxylic acids is 1. The molecule has 0 spiro atoms. The molecule has 3 unspecified atom stereocenters. The Morgan fingerprint density at radius 3 is 2.55 bits per heavy atom. The highest BCUT2D eigenvalue weighted by Crippen LogP contribution is 2.40. The molecule has 4 nitrogen and oxygen atoms in total. The third-order valence-electron chi connectivity index (χ3n) is 4.93. The molecule has 1 aromatic carbocycles. The summed E-state index contributed by atoms with van der Waals surface area (Å²) in [5, 5.41) is 9.85. The van der Waals surface area contributed by atoms with E-state index in [0.717, 1.165) is 24.8 Å². The number of carbonyl (C=O) groups is 2. The molecule has 118 valence electrons. The first-order valence-electron chi connectivity index (χ1n) is 7.86.